The number of ether oxygens (including phenoxy) is 1. The minimum atomic E-state index is -0.995. The topological polar surface area (TPSA) is 92.3 Å². The number of amides is 1. The number of nitrogens with one attached hydrogen (secondary N) is 1. The van der Waals surface area contributed by atoms with E-state index in [9.17, 15) is 14.9 Å². The molecule has 6 nitrogen and oxygen atoms in total. The number of nitrogens with zero attached hydrogens (tertiary/aromatic N) is 1. The molecule has 0 saturated heterocycles. The molecule has 0 fully saturated rings. The Morgan fingerprint density at radius 2 is 1.93 bits per heavy atom. The van der Waals surface area contributed by atoms with Crippen molar-refractivity contribution in [3.05, 3.63) is 48.2 Å². The Morgan fingerprint density at radius 3 is 2.56 bits per heavy atom. The lowest BCUT2D eigenvalue weighted by atomic mass is 9.90. The van der Waals surface area contributed by atoms with E-state index in [4.69, 9.17) is 9.15 Å². The SMILES string of the molecule is CC(C)[C@](C)(C#N)NC(=O)COC(=O)CCc1ccc(-c2ccccc2)o1. The highest BCUT2D eigenvalue weighted by Crippen LogP contribution is 2.22. The van der Waals surface area contributed by atoms with Crippen LogP contribution in [0.4, 0.5) is 0 Å². The average Bonchev–Trinajstić information content (AvgIpc) is 3.14. The Bertz CT molecular complexity index is 820. The van der Waals surface area contributed by atoms with Crippen LogP contribution in [-0.2, 0) is 20.7 Å². The summed E-state index contributed by atoms with van der Waals surface area (Å²) < 4.78 is 10.7. The van der Waals surface area contributed by atoms with Crippen molar-refractivity contribution in [3.63, 3.8) is 0 Å². The molecule has 27 heavy (non-hydrogen) atoms. The number of aryl methyl sites for hydroxylation is 1. The van der Waals surface area contributed by atoms with E-state index in [-0.39, 0.29) is 12.3 Å². The summed E-state index contributed by atoms with van der Waals surface area (Å²) in [4.78, 5) is 23.8. The maximum Gasteiger partial charge on any atom is 0.306 e. The third-order valence-corrected chi connectivity index (χ3v) is 4.45. The molecule has 1 atom stereocenters. The summed E-state index contributed by atoms with van der Waals surface area (Å²) in [6, 6.07) is 15.4. The van der Waals surface area contributed by atoms with Crippen molar-refractivity contribution < 1.29 is 18.7 Å². The molecule has 1 amide bonds. The summed E-state index contributed by atoms with van der Waals surface area (Å²) in [6.45, 7) is 4.90. The van der Waals surface area contributed by atoms with Crippen LogP contribution in [0.2, 0.25) is 0 Å². The number of esters is 1. The van der Waals surface area contributed by atoms with Crippen LogP contribution in [0.1, 0.15) is 33.0 Å². The first-order chi connectivity index (χ1) is 12.8. The molecule has 0 unspecified atom stereocenters. The molecule has 1 aromatic carbocycles. The predicted molar refractivity (Wildman–Crippen MR) is 100 cm³/mol. The highest BCUT2D eigenvalue weighted by molar-refractivity contribution is 5.81. The molecule has 1 aromatic heterocycles. The van der Waals surface area contributed by atoms with Crippen LogP contribution in [-0.4, -0.2) is 24.0 Å². The summed E-state index contributed by atoms with van der Waals surface area (Å²) in [6.07, 6.45) is 0.490. The van der Waals surface area contributed by atoms with Gasteiger partial charge in [-0.1, -0.05) is 44.2 Å². The molecular formula is C21H24N2O4. The Labute approximate surface area is 159 Å². The van der Waals surface area contributed by atoms with Crippen LogP contribution in [0, 0.1) is 17.2 Å². The van der Waals surface area contributed by atoms with Gasteiger partial charge < -0.3 is 14.5 Å². The normalized spacial score (nSPS) is 12.9. The zero-order valence-electron chi connectivity index (χ0n) is 15.8. The van der Waals surface area contributed by atoms with E-state index in [0.717, 1.165) is 11.3 Å². The first-order valence-corrected chi connectivity index (χ1v) is 8.86. The van der Waals surface area contributed by atoms with Gasteiger partial charge in [-0.25, -0.2) is 0 Å². The third-order valence-electron chi connectivity index (χ3n) is 4.45. The lowest BCUT2D eigenvalue weighted by Gasteiger charge is -2.27. The van der Waals surface area contributed by atoms with E-state index in [0.29, 0.717) is 12.2 Å². The molecule has 0 bridgehead atoms. The van der Waals surface area contributed by atoms with Crippen molar-refractivity contribution in [3.8, 4) is 17.4 Å². The Morgan fingerprint density at radius 1 is 1.22 bits per heavy atom. The fraction of sp³-hybridized carbons (Fsp3) is 0.381. The molecule has 2 rings (SSSR count). The van der Waals surface area contributed by atoms with Gasteiger partial charge in [-0.3, -0.25) is 9.59 Å². The lowest BCUT2D eigenvalue weighted by molar-refractivity contribution is -0.149. The van der Waals surface area contributed by atoms with E-state index in [2.05, 4.69) is 11.4 Å². The lowest BCUT2D eigenvalue weighted by Crippen LogP contribution is -2.50. The van der Waals surface area contributed by atoms with E-state index >= 15 is 0 Å². The van der Waals surface area contributed by atoms with Crippen molar-refractivity contribution >= 4 is 11.9 Å². The number of carbonyl (C=O) groups excluding carboxylic acids is 2. The molecule has 1 N–H and O–H groups in total. The van der Waals surface area contributed by atoms with Gasteiger partial charge in [-0.15, -0.1) is 0 Å². The number of rotatable bonds is 8. The van der Waals surface area contributed by atoms with E-state index in [1.807, 2.05) is 56.3 Å². The van der Waals surface area contributed by atoms with Crippen molar-refractivity contribution in [2.24, 2.45) is 5.92 Å². The summed E-state index contributed by atoms with van der Waals surface area (Å²) in [5, 5.41) is 11.8. The maximum absolute atomic E-state index is 11.9. The molecule has 0 aliphatic rings. The zero-order valence-corrected chi connectivity index (χ0v) is 15.8. The van der Waals surface area contributed by atoms with Gasteiger partial charge in [0, 0.05) is 12.0 Å². The molecule has 6 heteroatoms. The standard InChI is InChI=1S/C21H24N2O4/c1-15(2)21(3,14-22)23-19(24)13-26-20(25)12-10-17-9-11-18(27-17)16-7-5-4-6-8-16/h4-9,11,15H,10,12-13H2,1-3H3,(H,23,24)/t21-/m0/s1. The quantitative estimate of drug-likeness (QED) is 0.720. The Hall–Kier alpha value is -3.07. The van der Waals surface area contributed by atoms with Gasteiger partial charge in [-0.05, 0) is 25.0 Å². The smallest absolute Gasteiger partial charge is 0.306 e. The monoisotopic (exact) mass is 368 g/mol. The fourth-order valence-corrected chi connectivity index (χ4v) is 2.34. The van der Waals surface area contributed by atoms with Gasteiger partial charge in [0.15, 0.2) is 6.61 Å². The van der Waals surface area contributed by atoms with Gasteiger partial charge in [0.25, 0.3) is 5.91 Å². The van der Waals surface area contributed by atoms with Crippen molar-refractivity contribution in [1.29, 1.82) is 5.26 Å². The summed E-state index contributed by atoms with van der Waals surface area (Å²) in [5.41, 5.74) is -0.0282. The highest BCUT2D eigenvalue weighted by atomic mass is 16.5. The van der Waals surface area contributed by atoms with Gasteiger partial charge in [-0.2, -0.15) is 5.26 Å². The van der Waals surface area contributed by atoms with Gasteiger partial charge in [0.05, 0.1) is 12.5 Å². The van der Waals surface area contributed by atoms with E-state index < -0.39 is 24.0 Å². The second-order valence-electron chi connectivity index (χ2n) is 6.81. The molecule has 0 aliphatic heterocycles. The number of nitriles is 1. The number of hydrogen-bond acceptors (Lipinski definition) is 5. The summed E-state index contributed by atoms with van der Waals surface area (Å²) in [5.74, 6) is 0.353. The van der Waals surface area contributed by atoms with Crippen molar-refractivity contribution in [1.82, 2.24) is 5.32 Å². The summed E-state index contributed by atoms with van der Waals surface area (Å²) >= 11 is 0. The Balaban J connectivity index is 1.78. The first kappa shape index (κ1) is 20.2. The number of benzene rings is 1. The second-order valence-corrected chi connectivity index (χ2v) is 6.81. The van der Waals surface area contributed by atoms with Crippen LogP contribution in [0.5, 0.6) is 0 Å². The van der Waals surface area contributed by atoms with Crippen LogP contribution in [0.15, 0.2) is 46.9 Å². The molecule has 0 spiro atoms. The van der Waals surface area contributed by atoms with Crippen molar-refractivity contribution in [2.75, 3.05) is 6.61 Å². The first-order valence-electron chi connectivity index (χ1n) is 8.86. The molecule has 1 heterocycles. The van der Waals surface area contributed by atoms with Gasteiger partial charge in [0.2, 0.25) is 0 Å². The van der Waals surface area contributed by atoms with Gasteiger partial charge in [0.1, 0.15) is 17.1 Å². The van der Waals surface area contributed by atoms with Crippen LogP contribution in [0.25, 0.3) is 11.3 Å². The van der Waals surface area contributed by atoms with Crippen LogP contribution >= 0.6 is 0 Å². The van der Waals surface area contributed by atoms with Gasteiger partial charge >= 0.3 is 5.97 Å². The molecular weight excluding hydrogens is 344 g/mol. The molecule has 0 radical (unpaired) electrons. The number of hydrogen-bond donors (Lipinski definition) is 1. The third kappa shape index (κ3) is 5.71. The fourth-order valence-electron chi connectivity index (χ4n) is 2.34. The Kier molecular flexibility index (Phi) is 6.78. The maximum atomic E-state index is 11.9. The number of carbonyl (C=O) groups is 2. The predicted octanol–water partition coefficient (Wildman–Crippen LogP) is 3.48. The second kappa shape index (κ2) is 9.04. The molecule has 0 aliphatic carbocycles. The number of furan rings is 1. The molecule has 2 aromatic rings. The van der Waals surface area contributed by atoms with Crippen LogP contribution in [0.3, 0.4) is 0 Å². The average molecular weight is 368 g/mol. The molecule has 142 valence electrons. The molecule has 0 saturated carbocycles. The summed E-state index contributed by atoms with van der Waals surface area (Å²) in [7, 11) is 0. The van der Waals surface area contributed by atoms with E-state index in [1.54, 1.807) is 6.92 Å². The highest BCUT2D eigenvalue weighted by Gasteiger charge is 2.30. The minimum Gasteiger partial charge on any atom is -0.461 e. The minimum absolute atomic E-state index is 0.0695. The van der Waals surface area contributed by atoms with Crippen LogP contribution < -0.4 is 5.32 Å². The van der Waals surface area contributed by atoms with Crippen molar-refractivity contribution in [2.45, 2.75) is 39.2 Å². The largest absolute Gasteiger partial charge is 0.461 e. The zero-order chi connectivity index (χ0) is 19.9. The van der Waals surface area contributed by atoms with E-state index in [1.165, 1.54) is 0 Å².